The van der Waals surface area contributed by atoms with Crippen LogP contribution in [0.5, 0.6) is 5.75 Å². The normalized spacial score (nSPS) is 11.1. The smallest absolute Gasteiger partial charge is 0.119 e. The molecule has 0 unspecified atom stereocenters. The second-order valence-electron chi connectivity index (χ2n) is 8.45. The molecule has 0 heterocycles. The van der Waals surface area contributed by atoms with Crippen molar-refractivity contribution in [3.8, 4) is 5.75 Å². The standard InChI is InChI=1S/C26H46OS2/c1-2-3-4-5-6-7-8-9-10-11-12-13-14-15-16-17-18-27-26-20-24(22-28)19-25(21-26)23-29/h19-21,28-29H,2-18,22-23H2,1H3. The van der Waals surface area contributed by atoms with Crippen LogP contribution in [0.3, 0.4) is 0 Å². The van der Waals surface area contributed by atoms with Gasteiger partial charge in [-0.25, -0.2) is 0 Å². The summed E-state index contributed by atoms with van der Waals surface area (Å²) in [5.74, 6) is 2.47. The first-order valence-corrected chi connectivity index (χ1v) is 13.5. The second-order valence-corrected chi connectivity index (χ2v) is 9.09. The maximum absolute atomic E-state index is 5.94. The first-order chi connectivity index (χ1) is 14.3. The van der Waals surface area contributed by atoms with E-state index in [0.29, 0.717) is 0 Å². The van der Waals surface area contributed by atoms with Crippen LogP contribution in [-0.4, -0.2) is 6.61 Å². The lowest BCUT2D eigenvalue weighted by atomic mass is 10.0. The van der Waals surface area contributed by atoms with Crippen LogP contribution in [0.25, 0.3) is 0 Å². The third kappa shape index (κ3) is 15.2. The van der Waals surface area contributed by atoms with Gasteiger partial charge in [-0.2, -0.15) is 25.3 Å². The Morgan fingerprint density at radius 2 is 0.931 bits per heavy atom. The van der Waals surface area contributed by atoms with E-state index in [-0.39, 0.29) is 0 Å². The average Bonchev–Trinajstić information content (AvgIpc) is 2.75. The van der Waals surface area contributed by atoms with Crippen LogP contribution in [0.4, 0.5) is 0 Å². The zero-order valence-electron chi connectivity index (χ0n) is 19.0. The van der Waals surface area contributed by atoms with Gasteiger partial charge in [0.1, 0.15) is 5.75 Å². The zero-order chi connectivity index (χ0) is 21.0. The highest BCUT2D eigenvalue weighted by molar-refractivity contribution is 7.79. The fourth-order valence-electron chi connectivity index (χ4n) is 3.83. The van der Waals surface area contributed by atoms with Crippen molar-refractivity contribution in [2.75, 3.05) is 6.61 Å². The fourth-order valence-corrected chi connectivity index (χ4v) is 4.20. The van der Waals surface area contributed by atoms with Gasteiger partial charge in [0.25, 0.3) is 0 Å². The molecule has 29 heavy (non-hydrogen) atoms. The lowest BCUT2D eigenvalue weighted by molar-refractivity contribution is 0.304. The van der Waals surface area contributed by atoms with Crippen molar-refractivity contribution in [1.29, 1.82) is 0 Å². The lowest BCUT2D eigenvalue weighted by Crippen LogP contribution is -1.98. The lowest BCUT2D eigenvalue weighted by Gasteiger charge is -2.10. The second kappa shape index (κ2) is 19.7. The summed E-state index contributed by atoms with van der Waals surface area (Å²) in [5.41, 5.74) is 2.42. The molecular formula is C26H46OS2. The Morgan fingerprint density at radius 3 is 1.31 bits per heavy atom. The average molecular weight is 439 g/mol. The Bertz CT molecular complexity index is 467. The van der Waals surface area contributed by atoms with Crippen molar-refractivity contribution >= 4 is 25.3 Å². The molecule has 0 saturated heterocycles. The van der Waals surface area contributed by atoms with E-state index in [1.165, 1.54) is 107 Å². The molecule has 1 aromatic rings. The van der Waals surface area contributed by atoms with E-state index < -0.39 is 0 Å². The quantitative estimate of drug-likeness (QED) is 0.152. The van der Waals surface area contributed by atoms with Crippen molar-refractivity contribution in [3.05, 3.63) is 29.3 Å². The molecule has 0 aliphatic heterocycles. The van der Waals surface area contributed by atoms with Crippen molar-refractivity contribution in [3.63, 3.8) is 0 Å². The fraction of sp³-hybridized carbons (Fsp3) is 0.769. The Balaban J connectivity index is 1.86. The predicted octanol–water partition coefficient (Wildman–Crippen LogP) is 9.19. The van der Waals surface area contributed by atoms with Crippen LogP contribution in [0.15, 0.2) is 18.2 Å². The van der Waals surface area contributed by atoms with Crippen molar-refractivity contribution in [2.45, 2.75) is 121 Å². The Hall–Kier alpha value is -0.280. The number of rotatable bonds is 20. The number of hydrogen-bond acceptors (Lipinski definition) is 3. The van der Waals surface area contributed by atoms with Gasteiger partial charge < -0.3 is 4.74 Å². The molecule has 0 amide bonds. The molecule has 0 radical (unpaired) electrons. The van der Waals surface area contributed by atoms with E-state index in [9.17, 15) is 0 Å². The number of benzene rings is 1. The van der Waals surface area contributed by atoms with Gasteiger partial charge in [0, 0.05) is 11.5 Å². The monoisotopic (exact) mass is 438 g/mol. The minimum atomic E-state index is 0.747. The minimum Gasteiger partial charge on any atom is -0.494 e. The Morgan fingerprint density at radius 1 is 0.552 bits per heavy atom. The van der Waals surface area contributed by atoms with Gasteiger partial charge in [-0.05, 0) is 29.7 Å². The number of ether oxygens (including phenoxy) is 1. The van der Waals surface area contributed by atoms with Gasteiger partial charge in [-0.3, -0.25) is 0 Å². The molecule has 0 aliphatic carbocycles. The highest BCUT2D eigenvalue weighted by Crippen LogP contribution is 2.20. The first kappa shape index (κ1) is 26.8. The predicted molar refractivity (Wildman–Crippen MR) is 137 cm³/mol. The molecule has 0 saturated carbocycles. The van der Waals surface area contributed by atoms with Gasteiger partial charge in [0.15, 0.2) is 0 Å². The maximum Gasteiger partial charge on any atom is 0.119 e. The van der Waals surface area contributed by atoms with Gasteiger partial charge >= 0.3 is 0 Å². The summed E-state index contributed by atoms with van der Waals surface area (Å²) in [7, 11) is 0. The van der Waals surface area contributed by atoms with Crippen molar-refractivity contribution in [2.24, 2.45) is 0 Å². The van der Waals surface area contributed by atoms with Crippen molar-refractivity contribution in [1.82, 2.24) is 0 Å². The van der Waals surface area contributed by atoms with Crippen LogP contribution in [0, 0.1) is 0 Å². The van der Waals surface area contributed by atoms with Gasteiger partial charge in [-0.15, -0.1) is 0 Å². The molecule has 0 spiro atoms. The van der Waals surface area contributed by atoms with Crippen LogP contribution in [-0.2, 0) is 11.5 Å². The highest BCUT2D eigenvalue weighted by atomic mass is 32.1. The third-order valence-electron chi connectivity index (χ3n) is 5.66. The topological polar surface area (TPSA) is 9.23 Å². The van der Waals surface area contributed by atoms with E-state index >= 15 is 0 Å². The maximum atomic E-state index is 5.94. The molecule has 0 aliphatic rings. The summed E-state index contributed by atoms with van der Waals surface area (Å²) >= 11 is 8.74. The number of hydrogen-bond donors (Lipinski definition) is 2. The molecule has 168 valence electrons. The Kier molecular flexibility index (Phi) is 18.1. The molecule has 0 fully saturated rings. The van der Waals surface area contributed by atoms with Gasteiger partial charge in [0.05, 0.1) is 6.61 Å². The largest absolute Gasteiger partial charge is 0.494 e. The number of unbranched alkanes of at least 4 members (excludes halogenated alkanes) is 15. The Labute approximate surface area is 192 Å². The molecule has 0 N–H and O–H groups in total. The summed E-state index contributed by atoms with van der Waals surface area (Å²) in [6.45, 7) is 3.11. The van der Waals surface area contributed by atoms with E-state index in [1.54, 1.807) is 0 Å². The summed E-state index contributed by atoms with van der Waals surface area (Å²) in [5, 5.41) is 0. The van der Waals surface area contributed by atoms with E-state index in [0.717, 1.165) is 30.3 Å². The van der Waals surface area contributed by atoms with Crippen LogP contribution >= 0.6 is 25.3 Å². The van der Waals surface area contributed by atoms with Gasteiger partial charge in [0.2, 0.25) is 0 Å². The SMILES string of the molecule is CCCCCCCCCCCCCCCCCCOc1cc(CS)cc(CS)c1. The highest BCUT2D eigenvalue weighted by Gasteiger charge is 2.01. The van der Waals surface area contributed by atoms with E-state index in [4.69, 9.17) is 4.74 Å². The molecule has 0 bridgehead atoms. The molecule has 1 rings (SSSR count). The number of thiol groups is 2. The molecule has 1 nitrogen and oxygen atoms in total. The third-order valence-corrected chi connectivity index (χ3v) is 6.39. The molecule has 0 atom stereocenters. The van der Waals surface area contributed by atoms with Crippen molar-refractivity contribution < 1.29 is 4.74 Å². The molecule has 1 aromatic carbocycles. The van der Waals surface area contributed by atoms with E-state index in [1.807, 2.05) is 0 Å². The van der Waals surface area contributed by atoms with Gasteiger partial charge in [-0.1, -0.05) is 109 Å². The van der Waals surface area contributed by atoms with Crippen LogP contribution in [0.1, 0.15) is 121 Å². The van der Waals surface area contributed by atoms with Crippen LogP contribution in [0.2, 0.25) is 0 Å². The molecule has 0 aromatic heterocycles. The first-order valence-electron chi connectivity index (χ1n) is 12.3. The summed E-state index contributed by atoms with van der Waals surface area (Å²) in [6, 6.07) is 6.36. The van der Waals surface area contributed by atoms with E-state index in [2.05, 4.69) is 50.4 Å². The summed E-state index contributed by atoms with van der Waals surface area (Å²) < 4.78 is 5.94. The summed E-state index contributed by atoms with van der Waals surface area (Å²) in [4.78, 5) is 0. The summed E-state index contributed by atoms with van der Waals surface area (Å²) in [6.07, 6.45) is 22.4. The van der Waals surface area contributed by atoms with Crippen LogP contribution < -0.4 is 4.74 Å². The minimum absolute atomic E-state index is 0.747. The molecular weight excluding hydrogens is 392 g/mol. The molecule has 3 heteroatoms. The zero-order valence-corrected chi connectivity index (χ0v) is 20.8.